The van der Waals surface area contributed by atoms with E-state index in [-0.39, 0.29) is 5.91 Å². The number of carbonyl (C=O) groups is 1. The Morgan fingerprint density at radius 2 is 2.00 bits per heavy atom. The van der Waals surface area contributed by atoms with Crippen molar-refractivity contribution in [2.75, 3.05) is 13.2 Å². The van der Waals surface area contributed by atoms with Crippen molar-refractivity contribution in [1.82, 2.24) is 5.32 Å². The van der Waals surface area contributed by atoms with Gasteiger partial charge in [0.2, 0.25) is 0 Å². The summed E-state index contributed by atoms with van der Waals surface area (Å²) in [6.07, 6.45) is 0.936. The standard InChI is InChI=1S/C14H19NO2/c1-4-9-15-14(16)12-5-7-13(8-6-12)17-10-11(2)3/h5-8H,2,4,9-10H2,1,3H3,(H,15,16). The molecule has 0 aliphatic rings. The maximum atomic E-state index is 11.6. The minimum atomic E-state index is -0.0432. The monoisotopic (exact) mass is 233 g/mol. The second kappa shape index (κ2) is 6.74. The number of amides is 1. The molecule has 1 aromatic carbocycles. The van der Waals surface area contributed by atoms with Crippen LogP contribution < -0.4 is 10.1 Å². The van der Waals surface area contributed by atoms with Gasteiger partial charge in [-0.1, -0.05) is 13.5 Å². The Balaban J connectivity index is 2.55. The van der Waals surface area contributed by atoms with Gasteiger partial charge < -0.3 is 10.1 Å². The van der Waals surface area contributed by atoms with Gasteiger partial charge in [0, 0.05) is 12.1 Å². The van der Waals surface area contributed by atoms with E-state index in [1.165, 1.54) is 0 Å². The van der Waals surface area contributed by atoms with Crippen LogP contribution in [0.25, 0.3) is 0 Å². The fourth-order valence-electron chi connectivity index (χ4n) is 1.25. The van der Waals surface area contributed by atoms with E-state index in [9.17, 15) is 4.79 Å². The summed E-state index contributed by atoms with van der Waals surface area (Å²) in [6, 6.07) is 7.12. The lowest BCUT2D eigenvalue weighted by Crippen LogP contribution is -2.23. The fraction of sp³-hybridized carbons (Fsp3) is 0.357. The van der Waals surface area contributed by atoms with Crippen molar-refractivity contribution in [3.63, 3.8) is 0 Å². The van der Waals surface area contributed by atoms with Crippen LogP contribution in [-0.2, 0) is 0 Å². The second-order valence-corrected chi connectivity index (χ2v) is 4.03. The molecule has 0 aliphatic carbocycles. The third kappa shape index (κ3) is 4.72. The number of rotatable bonds is 6. The summed E-state index contributed by atoms with van der Waals surface area (Å²) in [5.41, 5.74) is 1.62. The molecule has 0 aromatic heterocycles. The van der Waals surface area contributed by atoms with E-state index in [0.29, 0.717) is 18.7 Å². The summed E-state index contributed by atoms with van der Waals surface area (Å²) in [4.78, 5) is 11.6. The number of nitrogens with one attached hydrogen (secondary N) is 1. The lowest BCUT2D eigenvalue weighted by Gasteiger charge is -2.07. The summed E-state index contributed by atoms with van der Waals surface area (Å²) in [7, 11) is 0. The van der Waals surface area contributed by atoms with E-state index in [2.05, 4.69) is 11.9 Å². The highest BCUT2D eigenvalue weighted by atomic mass is 16.5. The van der Waals surface area contributed by atoms with Crippen LogP contribution in [0, 0.1) is 0 Å². The molecule has 0 spiro atoms. The molecule has 0 fully saturated rings. The molecule has 0 saturated heterocycles. The van der Waals surface area contributed by atoms with Crippen LogP contribution in [0.4, 0.5) is 0 Å². The van der Waals surface area contributed by atoms with Crippen LogP contribution >= 0.6 is 0 Å². The maximum absolute atomic E-state index is 11.6. The number of benzene rings is 1. The zero-order chi connectivity index (χ0) is 12.7. The largest absolute Gasteiger partial charge is 0.489 e. The minimum Gasteiger partial charge on any atom is -0.489 e. The van der Waals surface area contributed by atoms with Crippen LogP contribution in [0.5, 0.6) is 5.75 Å². The van der Waals surface area contributed by atoms with Gasteiger partial charge in [-0.15, -0.1) is 0 Å². The first-order valence-electron chi connectivity index (χ1n) is 5.79. The lowest BCUT2D eigenvalue weighted by atomic mass is 10.2. The SMILES string of the molecule is C=C(C)COc1ccc(C(=O)NCCC)cc1. The van der Waals surface area contributed by atoms with E-state index < -0.39 is 0 Å². The van der Waals surface area contributed by atoms with Gasteiger partial charge in [0.15, 0.2) is 0 Å². The molecular weight excluding hydrogens is 214 g/mol. The summed E-state index contributed by atoms with van der Waals surface area (Å²) < 4.78 is 5.45. The molecule has 92 valence electrons. The zero-order valence-electron chi connectivity index (χ0n) is 10.5. The Kier molecular flexibility index (Phi) is 5.27. The van der Waals surface area contributed by atoms with Gasteiger partial charge >= 0.3 is 0 Å². The first-order valence-corrected chi connectivity index (χ1v) is 5.79. The van der Waals surface area contributed by atoms with Crippen molar-refractivity contribution >= 4 is 5.91 Å². The molecule has 0 bridgehead atoms. The van der Waals surface area contributed by atoms with Crippen molar-refractivity contribution in [2.24, 2.45) is 0 Å². The molecular formula is C14H19NO2. The Bertz CT molecular complexity index is 382. The van der Waals surface area contributed by atoms with Crippen molar-refractivity contribution in [2.45, 2.75) is 20.3 Å². The molecule has 0 atom stereocenters. The molecule has 1 amide bonds. The van der Waals surface area contributed by atoms with Crippen LogP contribution in [0.1, 0.15) is 30.6 Å². The van der Waals surface area contributed by atoms with Gasteiger partial charge in [0.05, 0.1) is 0 Å². The van der Waals surface area contributed by atoms with Crippen molar-refractivity contribution in [3.8, 4) is 5.75 Å². The highest BCUT2D eigenvalue weighted by molar-refractivity contribution is 5.94. The lowest BCUT2D eigenvalue weighted by molar-refractivity contribution is 0.0953. The molecule has 3 nitrogen and oxygen atoms in total. The normalized spacial score (nSPS) is 9.76. The van der Waals surface area contributed by atoms with Crippen LogP contribution in [-0.4, -0.2) is 19.1 Å². The first-order chi connectivity index (χ1) is 8.13. The Morgan fingerprint density at radius 1 is 1.35 bits per heavy atom. The molecule has 0 unspecified atom stereocenters. The smallest absolute Gasteiger partial charge is 0.251 e. The predicted octanol–water partition coefficient (Wildman–Crippen LogP) is 2.78. The molecule has 1 aromatic rings. The summed E-state index contributed by atoms with van der Waals surface area (Å²) in [5, 5.41) is 2.82. The first kappa shape index (κ1) is 13.3. The average Bonchev–Trinajstić information content (AvgIpc) is 2.34. The van der Waals surface area contributed by atoms with Gasteiger partial charge in [0.1, 0.15) is 12.4 Å². The van der Waals surface area contributed by atoms with Crippen molar-refractivity contribution in [3.05, 3.63) is 42.0 Å². The van der Waals surface area contributed by atoms with Gasteiger partial charge in [0.25, 0.3) is 5.91 Å². The van der Waals surface area contributed by atoms with E-state index in [1.54, 1.807) is 24.3 Å². The van der Waals surface area contributed by atoms with E-state index >= 15 is 0 Å². The second-order valence-electron chi connectivity index (χ2n) is 4.03. The van der Waals surface area contributed by atoms with Gasteiger partial charge in [-0.05, 0) is 43.2 Å². The summed E-state index contributed by atoms with van der Waals surface area (Å²) in [6.45, 7) is 8.90. The van der Waals surface area contributed by atoms with Crippen LogP contribution in [0.2, 0.25) is 0 Å². The van der Waals surface area contributed by atoms with E-state index in [4.69, 9.17) is 4.74 Å². The zero-order valence-corrected chi connectivity index (χ0v) is 10.5. The van der Waals surface area contributed by atoms with Gasteiger partial charge in [-0.2, -0.15) is 0 Å². The molecule has 0 aliphatic heterocycles. The molecule has 1 rings (SSSR count). The molecule has 1 N–H and O–H groups in total. The van der Waals surface area contributed by atoms with E-state index in [0.717, 1.165) is 17.7 Å². The van der Waals surface area contributed by atoms with Crippen LogP contribution in [0.15, 0.2) is 36.4 Å². The number of hydrogen-bond acceptors (Lipinski definition) is 2. The summed E-state index contributed by atoms with van der Waals surface area (Å²) in [5.74, 6) is 0.707. The minimum absolute atomic E-state index is 0.0432. The molecule has 3 heteroatoms. The van der Waals surface area contributed by atoms with Crippen molar-refractivity contribution in [1.29, 1.82) is 0 Å². The number of ether oxygens (including phenoxy) is 1. The van der Waals surface area contributed by atoms with Gasteiger partial charge in [-0.25, -0.2) is 0 Å². The predicted molar refractivity (Wildman–Crippen MR) is 69.4 cm³/mol. The third-order valence-corrected chi connectivity index (χ3v) is 2.14. The number of carbonyl (C=O) groups excluding carboxylic acids is 1. The van der Waals surface area contributed by atoms with Crippen molar-refractivity contribution < 1.29 is 9.53 Å². The molecule has 0 radical (unpaired) electrons. The molecule has 0 saturated carbocycles. The Morgan fingerprint density at radius 3 is 2.53 bits per heavy atom. The van der Waals surface area contributed by atoms with Crippen LogP contribution in [0.3, 0.4) is 0 Å². The highest BCUT2D eigenvalue weighted by Crippen LogP contribution is 2.12. The quantitative estimate of drug-likeness (QED) is 0.767. The van der Waals surface area contributed by atoms with E-state index in [1.807, 2.05) is 13.8 Å². The molecule has 17 heavy (non-hydrogen) atoms. The Labute approximate surface area is 102 Å². The summed E-state index contributed by atoms with van der Waals surface area (Å²) >= 11 is 0. The fourth-order valence-corrected chi connectivity index (χ4v) is 1.25. The Hall–Kier alpha value is -1.77. The third-order valence-electron chi connectivity index (χ3n) is 2.14. The average molecular weight is 233 g/mol. The highest BCUT2D eigenvalue weighted by Gasteiger charge is 2.04. The van der Waals surface area contributed by atoms with Gasteiger partial charge in [-0.3, -0.25) is 4.79 Å². The number of hydrogen-bond donors (Lipinski definition) is 1. The maximum Gasteiger partial charge on any atom is 0.251 e. The molecule has 0 heterocycles. The topological polar surface area (TPSA) is 38.3 Å².